The molecule has 7 aromatic carbocycles. The Hall–Kier alpha value is -9.01. The minimum atomic E-state index is -0.888. The van der Waals surface area contributed by atoms with Crippen molar-refractivity contribution in [1.82, 2.24) is 69.3 Å². The molecule has 0 atom stereocenters. The minimum Gasteiger partial charge on any atom is -0.850 e. The molecule has 14 aromatic rings. The molecular formula is C98H120Br3Cl4KN16O12. The zero-order valence-electron chi connectivity index (χ0n) is 77.3. The third-order valence-corrected chi connectivity index (χ3v) is 22.1. The number of carbonyl (C=O) groups excluding carboxylic acids is 8. The average Bonchev–Trinajstić information content (AvgIpc) is 1.58. The third-order valence-electron chi connectivity index (χ3n) is 18.9. The van der Waals surface area contributed by atoms with E-state index in [1.165, 1.54) is 52.6 Å². The number of aromatic nitrogens is 10. The number of imide groups is 1. The number of fused-ring (bicyclic) bond motifs is 7. The quantitative estimate of drug-likeness (QED) is 0.00738. The first-order valence-corrected chi connectivity index (χ1v) is 47.3. The molecular weight excluding hydrogens is 2010 g/mol. The van der Waals surface area contributed by atoms with Crippen molar-refractivity contribution in [3.05, 3.63) is 238 Å². The van der Waals surface area contributed by atoms with E-state index in [9.17, 15) is 43.5 Å². The number of esters is 2. The number of aryl methyl sites for hydroxylation is 2. The molecule has 4 amide bonds. The van der Waals surface area contributed by atoms with E-state index in [0.29, 0.717) is 44.4 Å². The van der Waals surface area contributed by atoms with Crippen LogP contribution in [0.2, 0.25) is 15.1 Å². The van der Waals surface area contributed by atoms with Crippen LogP contribution in [-0.2, 0) is 68.9 Å². The van der Waals surface area contributed by atoms with Crippen LogP contribution in [0.25, 0.3) is 93.7 Å². The molecule has 0 bridgehead atoms. The maximum atomic E-state index is 13.1. The van der Waals surface area contributed by atoms with Crippen molar-refractivity contribution < 1.29 is 109 Å². The third kappa shape index (κ3) is 37.8. The Morgan fingerprint density at radius 2 is 1.05 bits per heavy atom. The normalized spacial score (nSPS) is 11.7. The molecule has 9 N–H and O–H groups in total. The van der Waals surface area contributed by atoms with Gasteiger partial charge in [-0.2, -0.15) is 15.3 Å². The number of ether oxygens (including phenoxy) is 3. The van der Waals surface area contributed by atoms with Crippen molar-refractivity contribution in [1.29, 1.82) is 0 Å². The molecule has 1 saturated heterocycles. The SMILES string of the molecule is BrCCBr.C.C1CCOC1.C=Cn1cc(C2=C(c3nn(CCCN(C)C)c4ccccc34)C(=O)NC2=O)c2cc(Cl)ccc21.CC(C)(C)[O-].CCCCN(C)C.CN(C)CCCCl.COC(=O)C(=O)c1c[nH]c2ccc(Cl)cc12.COC(=O)C(=O)c1cn(CCBr)c2ccccc12.Clc1ccc2[nH]ccc2c1.NC(=O)Cc1[nH]nc2ccccc12.NC(=O)Cc1[nH]nc2ccccc12.[K+]. The Labute approximate surface area is 870 Å². The van der Waals surface area contributed by atoms with E-state index in [2.05, 4.69) is 135 Å². The Balaban J connectivity index is 0.000000328. The van der Waals surface area contributed by atoms with E-state index in [-0.39, 0.29) is 94.6 Å². The Kier molecular flexibility index (Phi) is 53.6. The first kappa shape index (κ1) is 117. The van der Waals surface area contributed by atoms with Gasteiger partial charge < -0.3 is 64.6 Å². The molecule has 1 fully saturated rings. The van der Waals surface area contributed by atoms with Crippen LogP contribution in [0.3, 0.4) is 0 Å². The fourth-order valence-electron chi connectivity index (χ4n) is 13.0. The van der Waals surface area contributed by atoms with E-state index in [1.807, 2.05) is 176 Å². The van der Waals surface area contributed by atoms with Crippen molar-refractivity contribution >= 4 is 235 Å². The van der Waals surface area contributed by atoms with Crippen LogP contribution in [0.15, 0.2) is 189 Å². The largest absolute Gasteiger partial charge is 1.00 e. The molecule has 714 valence electrons. The Morgan fingerprint density at radius 3 is 1.54 bits per heavy atom. The van der Waals surface area contributed by atoms with Gasteiger partial charge in [-0.25, -0.2) is 9.59 Å². The van der Waals surface area contributed by atoms with Gasteiger partial charge in [-0.3, -0.25) is 49.0 Å². The van der Waals surface area contributed by atoms with E-state index in [4.69, 9.17) is 67.7 Å². The number of carbonyl (C=O) groups is 8. The molecule has 0 radical (unpaired) electrons. The van der Waals surface area contributed by atoms with Crippen LogP contribution in [0.4, 0.5) is 0 Å². The molecule has 9 heterocycles. The van der Waals surface area contributed by atoms with Crippen LogP contribution in [-0.4, -0.2) is 228 Å². The average molecular weight is 2130 g/mol. The van der Waals surface area contributed by atoms with Crippen molar-refractivity contribution in [2.75, 3.05) is 111 Å². The predicted octanol–water partition coefficient (Wildman–Crippen LogP) is 15.7. The van der Waals surface area contributed by atoms with Crippen LogP contribution in [0.1, 0.15) is 117 Å². The maximum Gasteiger partial charge on any atom is 1.00 e. The van der Waals surface area contributed by atoms with Crippen molar-refractivity contribution in [3.63, 3.8) is 0 Å². The number of nitrogens with two attached hydrogens (primary N) is 2. The second-order valence-corrected chi connectivity index (χ2v) is 35.4. The molecule has 0 aliphatic carbocycles. The Bertz CT molecular complexity index is 6030. The van der Waals surface area contributed by atoms with Gasteiger partial charge in [-0.1, -0.05) is 204 Å². The van der Waals surface area contributed by atoms with Crippen LogP contribution >= 0.6 is 94.2 Å². The molecule has 28 nitrogen and oxygen atoms in total. The van der Waals surface area contributed by atoms with Gasteiger partial charge in [0.25, 0.3) is 23.4 Å². The number of amides is 4. The number of rotatable bonds is 24. The van der Waals surface area contributed by atoms with Crippen LogP contribution in [0, 0.1) is 0 Å². The smallest absolute Gasteiger partial charge is 0.850 e. The van der Waals surface area contributed by atoms with Crippen molar-refractivity contribution in [2.45, 2.75) is 105 Å². The summed E-state index contributed by atoms with van der Waals surface area (Å²) >= 11 is 33.1. The van der Waals surface area contributed by atoms with Gasteiger partial charge in [0, 0.05) is 154 Å². The number of unbranched alkanes of at least 4 members (excludes halogenated alkanes) is 1. The standard InChI is InChI=1S/C26H24ClN5O2.C13H12BrNO3.C11H8ClNO3.2C9H9N3O.C8H6ClN.C6H15N.C5H12ClN.C4H8O.C4H9O.C2H4Br2.CH4.K/c1-4-31-15-19(18-14-16(27)10-11-20(18)31)22-23(26(34)28-25(22)33)24-17-8-5-6-9-21(17)32(29-24)13-7-12-30(2)3;1-18-13(17)12(16)10-8-15(7-6-14)11-5-3-2-4-9(10)11;1-16-11(15)10(14)8-5-13-9-3-2-6(12)4-7(8)9;2*10-9(13)5-8-6-3-1-2-4-7(6)11-12-8;9-7-1-2-8-6(5-7)3-4-10-8;1-4-5-6-7(2)3;1-7(2)5-3-4-6;1-2-4-5-3-1;1-4(2,3)5;3-1-2-4;;/h4-6,8-11,14-15H,1,7,12-13H2,2-3H3,(H,28,33,34);2-5,8H,6-7H2,1H3;2-5,13H,1H3;2*1-4H,5H2,(H2,10,13)(H,11,12);1-5,10H;4-6H2,1-3H3;3-5H2,1-2H3;1-4H2;1-3H3;1-2H2;1H4;/q;;;;;;;;;-1;;;+1. The summed E-state index contributed by atoms with van der Waals surface area (Å²) in [6, 6.07) is 48.8. The summed E-state index contributed by atoms with van der Waals surface area (Å²) in [4.78, 5) is 106. The van der Waals surface area contributed by atoms with Crippen LogP contribution < -0.4 is 73.3 Å². The summed E-state index contributed by atoms with van der Waals surface area (Å²) in [6.45, 7) is 17.7. The maximum absolute atomic E-state index is 13.1. The second kappa shape index (κ2) is 61.2. The van der Waals surface area contributed by atoms with E-state index < -0.39 is 40.9 Å². The first-order chi connectivity index (χ1) is 63.1. The molecule has 0 saturated carbocycles. The number of aromatic amines is 4. The van der Waals surface area contributed by atoms with Gasteiger partial charge in [0.1, 0.15) is 5.69 Å². The number of para-hydroxylation sites is 4. The number of H-pyrrole nitrogens is 4. The number of nitrogens with one attached hydrogen (secondary N) is 5. The Morgan fingerprint density at radius 1 is 0.575 bits per heavy atom. The van der Waals surface area contributed by atoms with Crippen LogP contribution in [0.5, 0.6) is 0 Å². The number of alkyl halides is 4. The molecule has 2 aliphatic rings. The number of nitrogens with zero attached hydrogens (tertiary/aromatic N) is 9. The summed E-state index contributed by atoms with van der Waals surface area (Å²) in [5, 5.41) is 41.8. The zero-order valence-corrected chi connectivity index (χ0v) is 88.2. The van der Waals surface area contributed by atoms with Gasteiger partial charge in [-0.15, -0.1) is 17.2 Å². The topological polar surface area (TPSA) is 378 Å². The van der Waals surface area contributed by atoms with Gasteiger partial charge in [0.05, 0.1) is 82.8 Å². The molecule has 134 heavy (non-hydrogen) atoms. The number of halogens is 7. The molecule has 16 rings (SSSR count). The number of methoxy groups -OCH3 is 2. The monoisotopic (exact) mass is 2130 g/mol. The summed E-state index contributed by atoms with van der Waals surface area (Å²) in [7, 11) is 14.7. The van der Waals surface area contributed by atoms with E-state index in [0.717, 1.165) is 155 Å². The fraction of sp³-hybridized carbons (Fsp3) is 0.337. The first-order valence-electron chi connectivity index (χ1n) is 42.2. The molecule has 7 aromatic heterocycles. The molecule has 36 heteroatoms. The number of primary amides is 2. The number of hydrogen-bond acceptors (Lipinski definition) is 18. The number of hydrogen-bond donors (Lipinski definition) is 7. The van der Waals surface area contributed by atoms with Gasteiger partial charge >= 0.3 is 63.3 Å². The molecule has 0 unspecified atom stereocenters. The minimum absolute atomic E-state index is 0. The van der Waals surface area contributed by atoms with E-state index in [1.54, 1.807) is 69.7 Å². The summed E-state index contributed by atoms with van der Waals surface area (Å²) < 4.78 is 19.5. The number of Topliss-reactive ketones (excluding diaryl/α,β-unsaturated/α-hetero) is 2. The predicted molar refractivity (Wildman–Crippen MR) is 551 cm³/mol. The number of benzene rings is 7. The van der Waals surface area contributed by atoms with E-state index >= 15 is 0 Å². The van der Waals surface area contributed by atoms with Gasteiger partial charge in [0.2, 0.25) is 11.8 Å². The van der Waals surface area contributed by atoms with Crippen molar-refractivity contribution in [2.24, 2.45) is 11.5 Å². The van der Waals surface area contributed by atoms with Crippen molar-refractivity contribution in [3.8, 4) is 0 Å². The molecule has 2 aliphatic heterocycles. The van der Waals surface area contributed by atoms with Gasteiger partial charge in [-0.05, 0) is 179 Å². The fourth-order valence-corrected chi connectivity index (χ4v) is 14.0. The van der Waals surface area contributed by atoms with Gasteiger partial charge in [0.15, 0.2) is 0 Å². The number of ketones is 2. The zero-order chi connectivity index (χ0) is 97.2. The molecule has 0 spiro atoms. The summed E-state index contributed by atoms with van der Waals surface area (Å²) in [5.74, 6) is -3.85. The summed E-state index contributed by atoms with van der Waals surface area (Å²) in [6.07, 6.45) is 16.1. The second-order valence-electron chi connectivity index (χ2n) is 31.3. The summed E-state index contributed by atoms with van der Waals surface area (Å²) in [5.41, 5.74) is 19.6.